The molecule has 0 fully saturated rings. The van der Waals surface area contributed by atoms with Gasteiger partial charge in [0.15, 0.2) is 0 Å². The van der Waals surface area contributed by atoms with Crippen molar-refractivity contribution in [2.24, 2.45) is 0 Å². The highest BCUT2D eigenvalue weighted by atomic mass is 35.5. The first-order valence-electron chi connectivity index (χ1n) is 11.2. The van der Waals surface area contributed by atoms with Gasteiger partial charge in [0.25, 0.3) is 10.0 Å². The number of hydrogen-bond donors (Lipinski definition) is 1. The number of anilines is 1. The molecule has 0 unspecified atom stereocenters. The van der Waals surface area contributed by atoms with Crippen molar-refractivity contribution in [1.29, 1.82) is 0 Å². The van der Waals surface area contributed by atoms with Crippen molar-refractivity contribution in [2.45, 2.75) is 43.5 Å². The van der Waals surface area contributed by atoms with Crippen molar-refractivity contribution in [1.82, 2.24) is 5.32 Å². The molecule has 3 aromatic carbocycles. The van der Waals surface area contributed by atoms with E-state index in [0.717, 1.165) is 35.2 Å². The third-order valence-electron chi connectivity index (χ3n) is 6.06. The molecule has 0 radical (unpaired) electrons. The molecule has 3 aromatic rings. The molecule has 178 valence electrons. The highest BCUT2D eigenvalue weighted by Crippen LogP contribution is 2.28. The number of nitrogens with zero attached hydrogens (tertiary/aromatic N) is 1. The predicted molar refractivity (Wildman–Crippen MR) is 132 cm³/mol. The summed E-state index contributed by atoms with van der Waals surface area (Å²) in [7, 11) is -4.10. The van der Waals surface area contributed by atoms with E-state index in [0.29, 0.717) is 0 Å². The Morgan fingerprint density at radius 3 is 2.44 bits per heavy atom. The zero-order chi connectivity index (χ0) is 24.3. The molecule has 34 heavy (non-hydrogen) atoms. The van der Waals surface area contributed by atoms with E-state index in [4.69, 9.17) is 11.6 Å². The van der Waals surface area contributed by atoms with E-state index in [1.807, 2.05) is 13.0 Å². The molecule has 0 spiro atoms. The Kier molecular flexibility index (Phi) is 7.24. The molecule has 1 amide bonds. The van der Waals surface area contributed by atoms with Gasteiger partial charge in [0.2, 0.25) is 5.91 Å². The Balaban J connectivity index is 1.58. The quantitative estimate of drug-likeness (QED) is 0.470. The van der Waals surface area contributed by atoms with Crippen molar-refractivity contribution < 1.29 is 17.6 Å². The standard InChI is InChI=1S/C26H26ClFN2O3S/c1-18(20-12-11-19-7-5-6-8-21(19)15-20)29-26(31)17-30(22-13-14-25(28)24(27)16-22)34(32,33)23-9-3-2-4-10-23/h2-4,9-16,18H,5-8,17H2,1H3,(H,29,31)/t18-/m0/s1. The summed E-state index contributed by atoms with van der Waals surface area (Å²) in [6, 6.07) is 17.3. The third kappa shape index (κ3) is 5.26. The average molecular weight is 501 g/mol. The van der Waals surface area contributed by atoms with Crippen LogP contribution in [-0.4, -0.2) is 20.9 Å². The van der Waals surface area contributed by atoms with E-state index in [-0.39, 0.29) is 21.6 Å². The predicted octanol–water partition coefficient (Wildman–Crippen LogP) is 5.43. The average Bonchev–Trinajstić information content (AvgIpc) is 2.84. The lowest BCUT2D eigenvalue weighted by Crippen LogP contribution is -2.41. The number of benzene rings is 3. The molecule has 0 saturated heterocycles. The number of fused-ring (bicyclic) bond motifs is 1. The van der Waals surface area contributed by atoms with Crippen molar-refractivity contribution in [3.05, 3.63) is 94.3 Å². The first-order chi connectivity index (χ1) is 16.3. The second kappa shape index (κ2) is 10.2. The SMILES string of the molecule is C[C@H](NC(=O)CN(c1ccc(F)c(Cl)c1)S(=O)(=O)c1ccccc1)c1ccc2c(c1)CCCC2. The molecule has 8 heteroatoms. The number of amides is 1. The molecule has 1 N–H and O–H groups in total. The minimum absolute atomic E-state index is 0.0194. The smallest absolute Gasteiger partial charge is 0.264 e. The molecule has 5 nitrogen and oxygen atoms in total. The van der Waals surface area contributed by atoms with Crippen LogP contribution in [0.4, 0.5) is 10.1 Å². The van der Waals surface area contributed by atoms with Crippen LogP contribution in [0.25, 0.3) is 0 Å². The lowest BCUT2D eigenvalue weighted by molar-refractivity contribution is -0.120. The van der Waals surface area contributed by atoms with Gasteiger partial charge in [-0.3, -0.25) is 9.10 Å². The van der Waals surface area contributed by atoms with Crippen molar-refractivity contribution in [3.63, 3.8) is 0 Å². The van der Waals surface area contributed by atoms with E-state index in [1.165, 1.54) is 41.8 Å². The molecule has 1 aliphatic carbocycles. The molecule has 0 aliphatic heterocycles. The topological polar surface area (TPSA) is 66.5 Å². The summed E-state index contributed by atoms with van der Waals surface area (Å²) in [4.78, 5) is 13.0. The second-order valence-electron chi connectivity index (χ2n) is 8.45. The fraction of sp³-hybridized carbons (Fsp3) is 0.269. The van der Waals surface area contributed by atoms with Crippen LogP contribution in [0.5, 0.6) is 0 Å². The van der Waals surface area contributed by atoms with Crippen LogP contribution < -0.4 is 9.62 Å². The molecule has 1 atom stereocenters. The summed E-state index contributed by atoms with van der Waals surface area (Å²) in [6.45, 7) is 1.39. The van der Waals surface area contributed by atoms with Crippen LogP contribution in [0.1, 0.15) is 42.5 Å². The van der Waals surface area contributed by atoms with E-state index in [9.17, 15) is 17.6 Å². The summed E-state index contributed by atoms with van der Waals surface area (Å²) < 4.78 is 41.5. The lowest BCUT2D eigenvalue weighted by Gasteiger charge is -2.25. The minimum Gasteiger partial charge on any atom is -0.348 e. The summed E-state index contributed by atoms with van der Waals surface area (Å²) in [5.41, 5.74) is 3.73. The Bertz CT molecular complexity index is 1300. The highest BCUT2D eigenvalue weighted by molar-refractivity contribution is 7.92. The largest absolute Gasteiger partial charge is 0.348 e. The van der Waals surface area contributed by atoms with E-state index in [1.54, 1.807) is 18.2 Å². The molecule has 1 aliphatic rings. The van der Waals surface area contributed by atoms with Gasteiger partial charge < -0.3 is 5.32 Å². The Labute approximate surface area is 204 Å². The van der Waals surface area contributed by atoms with Crippen molar-refractivity contribution in [3.8, 4) is 0 Å². The van der Waals surface area contributed by atoms with Gasteiger partial charge in [0, 0.05) is 0 Å². The van der Waals surface area contributed by atoms with Gasteiger partial charge in [-0.1, -0.05) is 48.0 Å². The number of halogens is 2. The minimum atomic E-state index is -4.10. The Morgan fingerprint density at radius 1 is 1.03 bits per heavy atom. The maximum Gasteiger partial charge on any atom is 0.264 e. The molecule has 0 saturated carbocycles. The number of aryl methyl sites for hydroxylation is 2. The zero-order valence-corrected chi connectivity index (χ0v) is 20.4. The second-order valence-corrected chi connectivity index (χ2v) is 10.7. The molecule has 0 heterocycles. The molecular weight excluding hydrogens is 475 g/mol. The summed E-state index contributed by atoms with van der Waals surface area (Å²) >= 11 is 5.92. The number of sulfonamides is 1. The lowest BCUT2D eigenvalue weighted by atomic mass is 9.89. The number of hydrogen-bond acceptors (Lipinski definition) is 3. The summed E-state index contributed by atoms with van der Waals surface area (Å²) in [6.07, 6.45) is 4.45. The van der Waals surface area contributed by atoms with Crippen LogP contribution in [0.3, 0.4) is 0 Å². The van der Waals surface area contributed by atoms with Crippen LogP contribution in [0, 0.1) is 5.82 Å². The Morgan fingerprint density at radius 2 is 1.74 bits per heavy atom. The maximum atomic E-state index is 13.7. The fourth-order valence-electron chi connectivity index (χ4n) is 4.20. The maximum absolute atomic E-state index is 13.7. The van der Waals surface area contributed by atoms with Gasteiger partial charge in [-0.15, -0.1) is 0 Å². The van der Waals surface area contributed by atoms with Crippen LogP contribution >= 0.6 is 11.6 Å². The summed E-state index contributed by atoms with van der Waals surface area (Å²) in [5.74, 6) is -1.15. The molecule has 0 bridgehead atoms. The monoisotopic (exact) mass is 500 g/mol. The molecular formula is C26H26ClFN2O3S. The normalized spacial score (nSPS) is 14.2. The van der Waals surface area contributed by atoms with Gasteiger partial charge in [-0.05, 0) is 79.6 Å². The first-order valence-corrected chi connectivity index (χ1v) is 13.0. The fourth-order valence-corrected chi connectivity index (χ4v) is 5.81. The number of rotatable bonds is 7. The Hall–Kier alpha value is -2.90. The molecule has 0 aromatic heterocycles. The van der Waals surface area contributed by atoms with Gasteiger partial charge >= 0.3 is 0 Å². The van der Waals surface area contributed by atoms with E-state index < -0.39 is 28.3 Å². The first kappa shape index (κ1) is 24.2. The number of nitrogens with one attached hydrogen (secondary N) is 1. The highest BCUT2D eigenvalue weighted by Gasteiger charge is 2.28. The number of carbonyl (C=O) groups is 1. The van der Waals surface area contributed by atoms with Gasteiger partial charge in [0.05, 0.1) is 21.6 Å². The van der Waals surface area contributed by atoms with Crippen LogP contribution in [0.2, 0.25) is 5.02 Å². The van der Waals surface area contributed by atoms with Gasteiger partial charge in [0.1, 0.15) is 12.4 Å². The van der Waals surface area contributed by atoms with E-state index in [2.05, 4.69) is 17.4 Å². The summed E-state index contributed by atoms with van der Waals surface area (Å²) in [5, 5.41) is 2.67. The van der Waals surface area contributed by atoms with Crippen molar-refractivity contribution in [2.75, 3.05) is 10.8 Å². The van der Waals surface area contributed by atoms with Crippen molar-refractivity contribution >= 4 is 33.2 Å². The zero-order valence-electron chi connectivity index (χ0n) is 18.8. The van der Waals surface area contributed by atoms with Crippen LogP contribution in [0.15, 0.2) is 71.6 Å². The van der Waals surface area contributed by atoms with Gasteiger partial charge in [-0.2, -0.15) is 0 Å². The van der Waals surface area contributed by atoms with Crippen LogP contribution in [-0.2, 0) is 27.7 Å². The third-order valence-corrected chi connectivity index (χ3v) is 8.14. The molecule has 4 rings (SSSR count). The van der Waals surface area contributed by atoms with Gasteiger partial charge in [-0.25, -0.2) is 12.8 Å². The van der Waals surface area contributed by atoms with E-state index >= 15 is 0 Å². The number of carbonyl (C=O) groups excluding carboxylic acids is 1.